The summed E-state index contributed by atoms with van der Waals surface area (Å²) in [6, 6.07) is 0.0928. The van der Waals surface area contributed by atoms with Crippen LogP contribution in [0.15, 0.2) is 0 Å². The zero-order chi connectivity index (χ0) is 15.1. The van der Waals surface area contributed by atoms with Crippen molar-refractivity contribution in [2.24, 2.45) is 5.73 Å². The van der Waals surface area contributed by atoms with Gasteiger partial charge in [0.05, 0.1) is 6.10 Å². The molecule has 0 fully saturated rings. The average Bonchev–Trinajstić information content (AvgIpc) is 2.20. The van der Waals surface area contributed by atoms with Gasteiger partial charge in [-0.1, -0.05) is 0 Å². The Morgan fingerprint density at radius 2 is 1.95 bits per heavy atom. The Balaban J connectivity index is 4.03. The number of hydrogen-bond donors (Lipinski definition) is 4. The molecule has 0 aliphatic heterocycles. The Bertz CT molecular complexity index is 264. The number of nitrogens with two attached hydrogens (primary N) is 1. The maximum Gasteiger partial charge on any atom is 0.407 e. The van der Waals surface area contributed by atoms with Gasteiger partial charge in [0.25, 0.3) is 0 Å². The summed E-state index contributed by atoms with van der Waals surface area (Å²) in [7, 11) is 0. The van der Waals surface area contributed by atoms with Crippen molar-refractivity contribution < 1.29 is 14.6 Å². The molecule has 0 saturated carbocycles. The lowest BCUT2D eigenvalue weighted by molar-refractivity contribution is 0.0521. The Morgan fingerprint density at radius 3 is 2.37 bits per heavy atom. The highest BCUT2D eigenvalue weighted by Gasteiger charge is 2.18. The molecular formula is C13H29N3O3. The molecule has 0 aromatic carbocycles. The first-order chi connectivity index (χ1) is 8.64. The van der Waals surface area contributed by atoms with Gasteiger partial charge in [-0.05, 0) is 41.0 Å². The molecule has 0 bridgehead atoms. The maximum absolute atomic E-state index is 11.5. The number of ether oxygens (including phenoxy) is 1. The van der Waals surface area contributed by atoms with E-state index in [1.807, 2.05) is 27.7 Å². The van der Waals surface area contributed by atoms with Crippen molar-refractivity contribution in [2.75, 3.05) is 13.1 Å². The monoisotopic (exact) mass is 275 g/mol. The van der Waals surface area contributed by atoms with Crippen LogP contribution in [0.25, 0.3) is 0 Å². The summed E-state index contributed by atoms with van der Waals surface area (Å²) in [6.45, 7) is 9.97. The van der Waals surface area contributed by atoms with Crippen molar-refractivity contribution >= 4 is 6.09 Å². The molecule has 3 unspecified atom stereocenters. The second-order valence-corrected chi connectivity index (χ2v) is 5.97. The number of carbonyl (C=O) groups is 1. The van der Waals surface area contributed by atoms with E-state index in [1.165, 1.54) is 0 Å². The van der Waals surface area contributed by atoms with Crippen LogP contribution in [0.4, 0.5) is 4.79 Å². The molecule has 1 amide bonds. The lowest BCUT2D eigenvalue weighted by atomic mass is 10.1. The first-order valence-electron chi connectivity index (χ1n) is 6.75. The lowest BCUT2D eigenvalue weighted by Crippen LogP contribution is -2.49. The number of carbonyl (C=O) groups excluding carboxylic acids is 1. The van der Waals surface area contributed by atoms with Gasteiger partial charge in [-0.3, -0.25) is 0 Å². The number of hydrogen-bond acceptors (Lipinski definition) is 5. The van der Waals surface area contributed by atoms with Gasteiger partial charge >= 0.3 is 6.09 Å². The highest BCUT2D eigenvalue weighted by Crippen LogP contribution is 2.06. The molecule has 6 nitrogen and oxygen atoms in total. The minimum absolute atomic E-state index is 0.0405. The Morgan fingerprint density at radius 1 is 1.37 bits per heavy atom. The molecule has 0 aliphatic rings. The average molecular weight is 275 g/mol. The predicted molar refractivity (Wildman–Crippen MR) is 76.0 cm³/mol. The molecule has 114 valence electrons. The topological polar surface area (TPSA) is 96.6 Å². The van der Waals surface area contributed by atoms with E-state index >= 15 is 0 Å². The van der Waals surface area contributed by atoms with Crippen molar-refractivity contribution in [3.05, 3.63) is 0 Å². The van der Waals surface area contributed by atoms with Crippen LogP contribution in [0.2, 0.25) is 0 Å². The van der Waals surface area contributed by atoms with Crippen LogP contribution in [0.3, 0.4) is 0 Å². The molecule has 0 aromatic heterocycles. The van der Waals surface area contributed by atoms with Gasteiger partial charge in [-0.2, -0.15) is 0 Å². The summed E-state index contributed by atoms with van der Waals surface area (Å²) < 4.78 is 5.14. The first-order valence-corrected chi connectivity index (χ1v) is 6.75. The number of rotatable bonds is 7. The zero-order valence-electron chi connectivity index (χ0n) is 12.7. The molecule has 0 radical (unpaired) electrons. The lowest BCUT2D eigenvalue weighted by Gasteiger charge is -2.24. The summed E-state index contributed by atoms with van der Waals surface area (Å²) in [5.41, 5.74) is 5.14. The number of alkyl carbamates (subject to hydrolysis) is 1. The smallest absolute Gasteiger partial charge is 0.407 e. The van der Waals surface area contributed by atoms with E-state index < -0.39 is 11.7 Å². The van der Waals surface area contributed by atoms with E-state index in [0.717, 1.165) is 0 Å². The fraction of sp³-hybridized carbons (Fsp3) is 0.923. The molecule has 0 saturated heterocycles. The fourth-order valence-corrected chi connectivity index (χ4v) is 1.71. The number of nitrogens with one attached hydrogen (secondary N) is 2. The van der Waals surface area contributed by atoms with Crippen molar-refractivity contribution in [1.82, 2.24) is 10.6 Å². The number of amides is 1. The molecule has 0 rings (SSSR count). The van der Waals surface area contributed by atoms with Gasteiger partial charge in [0, 0.05) is 25.2 Å². The zero-order valence-corrected chi connectivity index (χ0v) is 12.7. The molecule has 0 spiro atoms. The second-order valence-electron chi connectivity index (χ2n) is 5.97. The summed E-state index contributed by atoms with van der Waals surface area (Å²) in [5.74, 6) is 0. The van der Waals surface area contributed by atoms with Crippen LogP contribution < -0.4 is 16.4 Å². The quantitative estimate of drug-likeness (QED) is 0.545. The maximum atomic E-state index is 11.5. The van der Waals surface area contributed by atoms with E-state index in [2.05, 4.69) is 10.6 Å². The van der Waals surface area contributed by atoms with Gasteiger partial charge < -0.3 is 26.2 Å². The fourth-order valence-electron chi connectivity index (χ4n) is 1.71. The van der Waals surface area contributed by atoms with Crippen LogP contribution in [-0.2, 0) is 4.74 Å². The van der Waals surface area contributed by atoms with E-state index in [4.69, 9.17) is 10.5 Å². The second kappa shape index (κ2) is 8.35. The molecule has 0 heterocycles. The molecule has 0 aromatic rings. The van der Waals surface area contributed by atoms with Crippen molar-refractivity contribution in [2.45, 2.75) is 64.8 Å². The summed E-state index contributed by atoms with van der Waals surface area (Å²) in [6.07, 6.45) is -0.168. The van der Waals surface area contributed by atoms with E-state index in [9.17, 15) is 9.90 Å². The van der Waals surface area contributed by atoms with E-state index in [-0.39, 0.29) is 18.2 Å². The van der Waals surface area contributed by atoms with E-state index in [0.29, 0.717) is 19.5 Å². The highest BCUT2D eigenvalue weighted by molar-refractivity contribution is 5.67. The third-order valence-electron chi connectivity index (χ3n) is 2.39. The van der Waals surface area contributed by atoms with Crippen molar-refractivity contribution in [1.29, 1.82) is 0 Å². The molecule has 19 heavy (non-hydrogen) atoms. The Labute approximate surface area is 116 Å². The highest BCUT2D eigenvalue weighted by atomic mass is 16.6. The standard InChI is InChI=1S/C13H29N3O3/c1-9(6-10(2)17)16-11(7-14)8-15-12(18)19-13(3,4)5/h9-11,16-17H,6-8,14H2,1-5H3,(H,15,18). The van der Waals surface area contributed by atoms with Crippen LogP contribution in [0, 0.1) is 0 Å². The van der Waals surface area contributed by atoms with Gasteiger partial charge in [0.15, 0.2) is 0 Å². The largest absolute Gasteiger partial charge is 0.444 e. The van der Waals surface area contributed by atoms with E-state index in [1.54, 1.807) is 6.92 Å². The van der Waals surface area contributed by atoms with Crippen LogP contribution in [0.5, 0.6) is 0 Å². The predicted octanol–water partition coefficient (Wildman–Crippen LogP) is 0.587. The summed E-state index contributed by atoms with van der Waals surface area (Å²) in [4.78, 5) is 11.5. The summed E-state index contributed by atoms with van der Waals surface area (Å²) in [5, 5.41) is 15.2. The SMILES string of the molecule is CC(O)CC(C)NC(CN)CNC(=O)OC(C)(C)C. The summed E-state index contributed by atoms with van der Waals surface area (Å²) >= 11 is 0. The van der Waals surface area contributed by atoms with Gasteiger partial charge in [-0.25, -0.2) is 4.79 Å². The molecular weight excluding hydrogens is 246 g/mol. The van der Waals surface area contributed by atoms with Crippen LogP contribution >= 0.6 is 0 Å². The third kappa shape index (κ3) is 10.7. The number of aliphatic hydroxyl groups excluding tert-OH is 1. The van der Waals surface area contributed by atoms with Gasteiger partial charge in [0.2, 0.25) is 0 Å². The third-order valence-corrected chi connectivity index (χ3v) is 2.39. The number of aliphatic hydroxyl groups is 1. The van der Waals surface area contributed by atoms with Crippen LogP contribution in [-0.4, -0.2) is 48.1 Å². The minimum atomic E-state index is -0.505. The Kier molecular flexibility index (Phi) is 7.97. The van der Waals surface area contributed by atoms with Crippen molar-refractivity contribution in [3.8, 4) is 0 Å². The van der Waals surface area contributed by atoms with Crippen LogP contribution in [0.1, 0.15) is 41.0 Å². The molecule has 3 atom stereocenters. The molecule has 6 heteroatoms. The Hall–Kier alpha value is -0.850. The molecule has 0 aliphatic carbocycles. The normalized spacial score (nSPS) is 16.6. The van der Waals surface area contributed by atoms with Gasteiger partial charge in [0.1, 0.15) is 5.60 Å². The minimum Gasteiger partial charge on any atom is -0.444 e. The van der Waals surface area contributed by atoms with Gasteiger partial charge in [-0.15, -0.1) is 0 Å². The van der Waals surface area contributed by atoms with Crippen molar-refractivity contribution in [3.63, 3.8) is 0 Å². The first kappa shape index (κ1) is 18.1. The molecule has 5 N–H and O–H groups in total.